The van der Waals surface area contributed by atoms with Crippen molar-refractivity contribution >= 4 is 11.7 Å². The van der Waals surface area contributed by atoms with Gasteiger partial charge in [-0.15, -0.1) is 0 Å². The lowest BCUT2D eigenvalue weighted by atomic mass is 10.2. The van der Waals surface area contributed by atoms with Gasteiger partial charge < -0.3 is 9.84 Å². The Hall–Kier alpha value is -2.18. The van der Waals surface area contributed by atoms with Crippen LogP contribution in [0.4, 0.5) is 5.69 Å². The van der Waals surface area contributed by atoms with E-state index < -0.39 is 10.9 Å². The van der Waals surface area contributed by atoms with Crippen LogP contribution < -0.4 is 4.74 Å². The van der Waals surface area contributed by atoms with E-state index in [1.54, 1.807) is 0 Å². The molecule has 0 aromatic carbocycles. The van der Waals surface area contributed by atoms with E-state index in [1.165, 1.54) is 14.0 Å². The third-order valence-corrected chi connectivity index (χ3v) is 1.77. The van der Waals surface area contributed by atoms with Crippen molar-refractivity contribution in [2.24, 2.45) is 0 Å². The van der Waals surface area contributed by atoms with Gasteiger partial charge in [0, 0.05) is 6.07 Å². The highest BCUT2D eigenvalue weighted by atomic mass is 16.6. The molecule has 0 atom stereocenters. The summed E-state index contributed by atoms with van der Waals surface area (Å²) in [5.74, 6) is -1.45. The molecule has 0 aliphatic heterocycles. The summed E-state index contributed by atoms with van der Waals surface area (Å²) < 4.78 is 4.71. The summed E-state index contributed by atoms with van der Waals surface area (Å²) in [6.45, 7) is 1.41. The Balaban J connectivity index is 3.43. The minimum absolute atomic E-state index is 0.113. The zero-order valence-electron chi connectivity index (χ0n) is 8.05. The molecule has 1 aromatic heterocycles. The van der Waals surface area contributed by atoms with Crippen LogP contribution in [0.2, 0.25) is 0 Å². The molecular weight excluding hydrogens is 204 g/mol. The molecule has 0 aliphatic carbocycles. The van der Waals surface area contributed by atoms with Crippen LogP contribution in [-0.4, -0.2) is 28.1 Å². The molecule has 15 heavy (non-hydrogen) atoms. The fourth-order valence-corrected chi connectivity index (χ4v) is 1.07. The molecule has 0 saturated carbocycles. The van der Waals surface area contributed by atoms with E-state index in [4.69, 9.17) is 9.84 Å². The van der Waals surface area contributed by atoms with Crippen molar-refractivity contribution in [1.82, 2.24) is 4.98 Å². The molecule has 1 aromatic rings. The van der Waals surface area contributed by atoms with Gasteiger partial charge in [0.2, 0.25) is 5.88 Å². The van der Waals surface area contributed by atoms with E-state index in [2.05, 4.69) is 4.98 Å². The number of methoxy groups -OCH3 is 1. The van der Waals surface area contributed by atoms with Gasteiger partial charge in [0.1, 0.15) is 11.3 Å². The number of nitrogens with zero attached hydrogens (tertiary/aromatic N) is 2. The fourth-order valence-electron chi connectivity index (χ4n) is 1.07. The number of hydrogen-bond donors (Lipinski definition) is 1. The first-order chi connectivity index (χ1) is 6.97. The average molecular weight is 212 g/mol. The van der Waals surface area contributed by atoms with E-state index in [1.807, 2.05) is 0 Å². The van der Waals surface area contributed by atoms with E-state index in [9.17, 15) is 14.9 Å². The first-order valence-electron chi connectivity index (χ1n) is 3.90. The quantitative estimate of drug-likeness (QED) is 0.592. The maximum atomic E-state index is 10.7. The molecule has 0 unspecified atom stereocenters. The van der Waals surface area contributed by atoms with E-state index >= 15 is 0 Å². The molecule has 0 saturated heterocycles. The van der Waals surface area contributed by atoms with Gasteiger partial charge in [0.15, 0.2) is 0 Å². The van der Waals surface area contributed by atoms with Crippen LogP contribution in [0.3, 0.4) is 0 Å². The number of nitro groups is 1. The molecule has 1 heterocycles. The van der Waals surface area contributed by atoms with Gasteiger partial charge in [-0.3, -0.25) is 10.1 Å². The summed E-state index contributed by atoms with van der Waals surface area (Å²) in [5, 5.41) is 19.3. The van der Waals surface area contributed by atoms with Crippen LogP contribution in [0.1, 0.15) is 16.1 Å². The molecule has 0 bridgehead atoms. The van der Waals surface area contributed by atoms with Gasteiger partial charge in [-0.25, -0.2) is 9.78 Å². The number of carbonyl (C=O) groups is 1. The van der Waals surface area contributed by atoms with Gasteiger partial charge in [-0.05, 0) is 6.92 Å². The van der Waals surface area contributed by atoms with E-state index in [0.29, 0.717) is 0 Å². The van der Waals surface area contributed by atoms with Crippen molar-refractivity contribution in [3.8, 4) is 5.88 Å². The van der Waals surface area contributed by atoms with Gasteiger partial charge in [-0.2, -0.15) is 0 Å². The Bertz CT molecular complexity index is 429. The van der Waals surface area contributed by atoms with Crippen molar-refractivity contribution < 1.29 is 19.6 Å². The Morgan fingerprint density at radius 2 is 2.27 bits per heavy atom. The van der Waals surface area contributed by atoms with Crippen LogP contribution in [0.5, 0.6) is 5.88 Å². The normalized spacial score (nSPS) is 9.73. The number of rotatable bonds is 3. The third-order valence-electron chi connectivity index (χ3n) is 1.77. The summed E-state index contributed by atoms with van der Waals surface area (Å²) in [6, 6.07) is 0.934. The van der Waals surface area contributed by atoms with Gasteiger partial charge in [0.25, 0.3) is 5.69 Å². The largest absolute Gasteiger partial charge is 0.480 e. The number of hydrogen-bond acceptors (Lipinski definition) is 5. The van der Waals surface area contributed by atoms with Crippen LogP contribution in [-0.2, 0) is 0 Å². The number of aromatic carboxylic acids is 1. The summed E-state index contributed by atoms with van der Waals surface area (Å²) >= 11 is 0. The monoisotopic (exact) mass is 212 g/mol. The lowest BCUT2D eigenvalue weighted by Gasteiger charge is -2.04. The smallest absolute Gasteiger partial charge is 0.341 e. The Kier molecular flexibility index (Phi) is 2.84. The highest BCUT2D eigenvalue weighted by Gasteiger charge is 2.21. The molecule has 7 heteroatoms. The molecule has 0 aliphatic rings. The number of pyridine rings is 1. The molecule has 0 spiro atoms. The zero-order chi connectivity index (χ0) is 11.6. The Morgan fingerprint density at radius 1 is 1.67 bits per heavy atom. The van der Waals surface area contributed by atoms with Crippen LogP contribution in [0.25, 0.3) is 0 Å². The topological polar surface area (TPSA) is 103 Å². The predicted octanol–water partition coefficient (Wildman–Crippen LogP) is 1.01. The minimum atomic E-state index is -1.32. The average Bonchev–Trinajstić information content (AvgIpc) is 2.16. The number of ether oxygens (including phenoxy) is 1. The Morgan fingerprint density at radius 3 is 2.67 bits per heavy atom. The number of aromatic nitrogens is 1. The lowest BCUT2D eigenvalue weighted by molar-refractivity contribution is -0.385. The van der Waals surface area contributed by atoms with Crippen molar-refractivity contribution in [2.45, 2.75) is 6.92 Å². The molecular formula is C8H8N2O5. The second kappa shape index (κ2) is 3.91. The molecule has 0 fully saturated rings. The minimum Gasteiger partial charge on any atom is -0.480 e. The molecule has 0 amide bonds. The van der Waals surface area contributed by atoms with Crippen LogP contribution >= 0.6 is 0 Å². The molecule has 7 nitrogen and oxygen atoms in total. The number of carboxylic acid groups (broad SMARTS) is 1. The fraction of sp³-hybridized carbons (Fsp3) is 0.250. The standard InChI is InChI=1S/C8H8N2O5/c1-4-6(10(13)14)3-5(8(11)12)7(9-4)15-2/h3H,1-2H3,(H,11,12). The van der Waals surface area contributed by atoms with Crippen LogP contribution in [0, 0.1) is 17.0 Å². The summed E-state index contributed by atoms with van der Waals surface area (Å²) in [6.07, 6.45) is 0. The third kappa shape index (κ3) is 2.01. The SMILES string of the molecule is COc1nc(C)c([N+](=O)[O-])cc1C(=O)O. The first kappa shape index (κ1) is 10.9. The van der Waals surface area contributed by atoms with Gasteiger partial charge in [-0.1, -0.05) is 0 Å². The number of carboxylic acids is 1. The van der Waals surface area contributed by atoms with E-state index in [0.717, 1.165) is 6.07 Å². The van der Waals surface area contributed by atoms with Crippen molar-refractivity contribution in [1.29, 1.82) is 0 Å². The van der Waals surface area contributed by atoms with Crippen LogP contribution in [0.15, 0.2) is 6.07 Å². The predicted molar refractivity (Wildman–Crippen MR) is 49.1 cm³/mol. The highest BCUT2D eigenvalue weighted by molar-refractivity contribution is 5.91. The van der Waals surface area contributed by atoms with E-state index in [-0.39, 0.29) is 22.8 Å². The second-order valence-corrected chi connectivity index (χ2v) is 2.71. The van der Waals surface area contributed by atoms with Gasteiger partial charge in [0.05, 0.1) is 12.0 Å². The lowest BCUT2D eigenvalue weighted by Crippen LogP contribution is -2.06. The molecule has 80 valence electrons. The van der Waals surface area contributed by atoms with Gasteiger partial charge >= 0.3 is 5.97 Å². The first-order valence-corrected chi connectivity index (χ1v) is 3.90. The summed E-state index contributed by atoms with van der Waals surface area (Å²) in [5.41, 5.74) is -0.551. The molecule has 1 rings (SSSR count). The van der Waals surface area contributed by atoms with Crippen molar-refractivity contribution in [3.05, 3.63) is 27.4 Å². The maximum Gasteiger partial charge on any atom is 0.341 e. The molecule has 1 N–H and O–H groups in total. The summed E-state index contributed by atoms with van der Waals surface area (Å²) in [4.78, 5) is 24.3. The summed E-state index contributed by atoms with van der Waals surface area (Å²) in [7, 11) is 1.25. The zero-order valence-corrected chi connectivity index (χ0v) is 8.05. The number of aryl methyl sites for hydroxylation is 1. The highest BCUT2D eigenvalue weighted by Crippen LogP contribution is 2.24. The maximum absolute atomic E-state index is 10.7. The van der Waals surface area contributed by atoms with Crippen molar-refractivity contribution in [2.75, 3.05) is 7.11 Å². The second-order valence-electron chi connectivity index (χ2n) is 2.71. The molecule has 0 radical (unpaired) electrons. The van der Waals surface area contributed by atoms with Crippen molar-refractivity contribution in [3.63, 3.8) is 0 Å². The Labute approximate surface area is 84.5 Å².